The van der Waals surface area contributed by atoms with E-state index in [0.29, 0.717) is 30.9 Å². The molecule has 4 aromatic rings. The fraction of sp³-hybridized carbons (Fsp3) is 0.323. The van der Waals surface area contributed by atoms with Crippen LogP contribution in [-0.4, -0.2) is 46.5 Å². The number of anilines is 1. The van der Waals surface area contributed by atoms with Crippen LogP contribution in [0, 0.1) is 34.6 Å². The molecule has 0 radical (unpaired) electrons. The molecule has 0 bridgehead atoms. The summed E-state index contributed by atoms with van der Waals surface area (Å²) in [5.74, 6) is 0.0561. The molecule has 1 aromatic heterocycles. The number of hydrogen-bond acceptors (Lipinski definition) is 4. The molecule has 3 aromatic carbocycles. The van der Waals surface area contributed by atoms with Gasteiger partial charge in [-0.25, -0.2) is 4.98 Å². The molecule has 1 fully saturated rings. The lowest BCUT2D eigenvalue weighted by Crippen LogP contribution is -2.49. The van der Waals surface area contributed by atoms with E-state index in [1.807, 2.05) is 48.2 Å². The van der Waals surface area contributed by atoms with Gasteiger partial charge in [0.15, 0.2) is 0 Å². The fourth-order valence-electron chi connectivity index (χ4n) is 5.13. The highest BCUT2D eigenvalue weighted by Gasteiger charge is 2.23. The number of fused-ring (bicyclic) bond motifs is 1. The summed E-state index contributed by atoms with van der Waals surface area (Å²) in [7, 11) is 0. The van der Waals surface area contributed by atoms with Gasteiger partial charge < -0.3 is 14.4 Å². The second-order valence-corrected chi connectivity index (χ2v) is 10.2. The standard InChI is InChI=1S/C31H34N4O2/c1-20-7-6-8-28(23(20)4)33-13-15-34(16-14-33)31(37)26-11-9-25(10-12-26)19-35-29-18-22(3)21(2)17-27(29)32-24(5)30(35)36/h6-12,17-18H,13-16,19H2,1-5H3. The molecule has 37 heavy (non-hydrogen) atoms. The predicted molar refractivity (Wildman–Crippen MR) is 150 cm³/mol. The van der Waals surface area contributed by atoms with Crippen LogP contribution in [-0.2, 0) is 6.54 Å². The molecule has 0 spiro atoms. The number of benzene rings is 3. The number of carbonyl (C=O) groups excluding carboxylic acids is 1. The molecular weight excluding hydrogens is 460 g/mol. The minimum absolute atomic E-state index is 0.0561. The van der Waals surface area contributed by atoms with E-state index in [1.54, 1.807) is 11.5 Å². The van der Waals surface area contributed by atoms with E-state index >= 15 is 0 Å². The summed E-state index contributed by atoms with van der Waals surface area (Å²) in [4.78, 5) is 35.0. The molecule has 1 amide bonds. The molecule has 0 unspecified atom stereocenters. The molecule has 190 valence electrons. The average molecular weight is 495 g/mol. The molecule has 5 rings (SSSR count). The Morgan fingerprint density at radius 1 is 0.838 bits per heavy atom. The summed E-state index contributed by atoms with van der Waals surface area (Å²) in [6, 6.07) is 18.1. The molecule has 6 nitrogen and oxygen atoms in total. The van der Waals surface area contributed by atoms with E-state index < -0.39 is 0 Å². The highest BCUT2D eigenvalue weighted by Crippen LogP contribution is 2.24. The number of nitrogens with zero attached hydrogens (tertiary/aromatic N) is 4. The quantitative estimate of drug-likeness (QED) is 0.403. The molecular formula is C31H34N4O2. The van der Waals surface area contributed by atoms with E-state index in [-0.39, 0.29) is 11.5 Å². The Morgan fingerprint density at radius 3 is 2.22 bits per heavy atom. The largest absolute Gasteiger partial charge is 0.368 e. The van der Waals surface area contributed by atoms with Crippen LogP contribution in [0.4, 0.5) is 5.69 Å². The SMILES string of the molecule is Cc1cc2nc(C)c(=O)n(Cc3ccc(C(=O)N4CCN(c5cccc(C)c5C)CC4)cc3)c2cc1C. The van der Waals surface area contributed by atoms with Crippen molar-refractivity contribution in [3.05, 3.63) is 104 Å². The molecule has 2 heterocycles. The molecule has 0 saturated carbocycles. The minimum Gasteiger partial charge on any atom is -0.368 e. The lowest BCUT2D eigenvalue weighted by molar-refractivity contribution is 0.0746. The molecule has 0 N–H and O–H groups in total. The molecule has 0 aliphatic carbocycles. The molecule has 1 saturated heterocycles. The summed E-state index contributed by atoms with van der Waals surface area (Å²) in [5.41, 5.74) is 9.86. The number of piperazine rings is 1. The van der Waals surface area contributed by atoms with Crippen molar-refractivity contribution in [2.24, 2.45) is 0 Å². The first-order chi connectivity index (χ1) is 17.7. The first-order valence-electron chi connectivity index (χ1n) is 12.9. The van der Waals surface area contributed by atoms with Crippen LogP contribution < -0.4 is 10.5 Å². The zero-order chi connectivity index (χ0) is 26.3. The van der Waals surface area contributed by atoms with Gasteiger partial charge in [0, 0.05) is 37.4 Å². The van der Waals surface area contributed by atoms with Gasteiger partial charge in [-0.3, -0.25) is 9.59 Å². The highest BCUT2D eigenvalue weighted by molar-refractivity contribution is 5.94. The van der Waals surface area contributed by atoms with Crippen LogP contribution in [0.15, 0.2) is 59.4 Å². The van der Waals surface area contributed by atoms with Crippen molar-refractivity contribution in [1.29, 1.82) is 0 Å². The summed E-state index contributed by atoms with van der Waals surface area (Å²) in [5, 5.41) is 0. The Morgan fingerprint density at radius 2 is 1.51 bits per heavy atom. The van der Waals surface area contributed by atoms with Crippen molar-refractivity contribution in [2.75, 3.05) is 31.1 Å². The maximum atomic E-state index is 13.2. The van der Waals surface area contributed by atoms with Crippen molar-refractivity contribution in [3.8, 4) is 0 Å². The third kappa shape index (κ3) is 4.76. The predicted octanol–water partition coefficient (Wildman–Crippen LogP) is 4.95. The number of aryl methyl sites for hydroxylation is 4. The summed E-state index contributed by atoms with van der Waals surface area (Å²) in [6.07, 6.45) is 0. The van der Waals surface area contributed by atoms with E-state index in [9.17, 15) is 9.59 Å². The van der Waals surface area contributed by atoms with Crippen molar-refractivity contribution >= 4 is 22.6 Å². The zero-order valence-corrected chi connectivity index (χ0v) is 22.3. The summed E-state index contributed by atoms with van der Waals surface area (Å²) < 4.78 is 1.79. The third-order valence-electron chi connectivity index (χ3n) is 7.75. The molecule has 6 heteroatoms. The van der Waals surface area contributed by atoms with Gasteiger partial charge in [0.25, 0.3) is 11.5 Å². The Balaban J connectivity index is 1.31. The highest BCUT2D eigenvalue weighted by atomic mass is 16.2. The topological polar surface area (TPSA) is 58.4 Å². The maximum absolute atomic E-state index is 13.2. The number of rotatable bonds is 4. The second-order valence-electron chi connectivity index (χ2n) is 10.2. The Labute approximate surface area is 218 Å². The number of amides is 1. The van der Waals surface area contributed by atoms with E-state index in [0.717, 1.165) is 40.8 Å². The van der Waals surface area contributed by atoms with E-state index in [4.69, 9.17) is 0 Å². The average Bonchev–Trinajstić information content (AvgIpc) is 2.90. The first-order valence-corrected chi connectivity index (χ1v) is 12.9. The Bertz CT molecular complexity index is 1540. The van der Waals surface area contributed by atoms with Crippen LogP contribution in [0.3, 0.4) is 0 Å². The van der Waals surface area contributed by atoms with Gasteiger partial charge in [-0.15, -0.1) is 0 Å². The lowest BCUT2D eigenvalue weighted by atomic mass is 10.1. The normalized spacial score (nSPS) is 13.9. The fourth-order valence-corrected chi connectivity index (χ4v) is 5.13. The smallest absolute Gasteiger partial charge is 0.272 e. The van der Waals surface area contributed by atoms with Crippen molar-refractivity contribution < 1.29 is 4.79 Å². The van der Waals surface area contributed by atoms with Crippen LogP contribution >= 0.6 is 0 Å². The number of aromatic nitrogens is 2. The van der Waals surface area contributed by atoms with Crippen LogP contribution in [0.25, 0.3) is 11.0 Å². The van der Waals surface area contributed by atoms with E-state index in [2.05, 4.69) is 48.9 Å². The number of hydrogen-bond donors (Lipinski definition) is 0. The number of carbonyl (C=O) groups is 1. The molecule has 1 aliphatic rings. The van der Waals surface area contributed by atoms with Crippen LogP contribution in [0.5, 0.6) is 0 Å². The van der Waals surface area contributed by atoms with Crippen molar-refractivity contribution in [1.82, 2.24) is 14.5 Å². The van der Waals surface area contributed by atoms with Gasteiger partial charge >= 0.3 is 0 Å². The van der Waals surface area contributed by atoms with Gasteiger partial charge in [-0.2, -0.15) is 0 Å². The minimum atomic E-state index is -0.0855. The van der Waals surface area contributed by atoms with Crippen LogP contribution in [0.1, 0.15) is 43.9 Å². The lowest BCUT2D eigenvalue weighted by Gasteiger charge is -2.37. The van der Waals surface area contributed by atoms with Gasteiger partial charge in [-0.05, 0) is 92.8 Å². The summed E-state index contributed by atoms with van der Waals surface area (Å²) >= 11 is 0. The maximum Gasteiger partial charge on any atom is 0.272 e. The van der Waals surface area contributed by atoms with Gasteiger partial charge in [0.05, 0.1) is 17.6 Å². The van der Waals surface area contributed by atoms with Gasteiger partial charge in [0.2, 0.25) is 0 Å². The Hall–Kier alpha value is -3.93. The summed E-state index contributed by atoms with van der Waals surface area (Å²) in [6.45, 7) is 13.6. The first kappa shape index (κ1) is 24.8. The van der Waals surface area contributed by atoms with Crippen molar-refractivity contribution in [3.63, 3.8) is 0 Å². The van der Waals surface area contributed by atoms with E-state index in [1.165, 1.54) is 16.8 Å². The molecule has 1 aliphatic heterocycles. The van der Waals surface area contributed by atoms with Crippen LogP contribution in [0.2, 0.25) is 0 Å². The van der Waals surface area contributed by atoms with Crippen molar-refractivity contribution in [2.45, 2.75) is 41.2 Å². The molecule has 0 atom stereocenters. The zero-order valence-electron chi connectivity index (χ0n) is 22.3. The Kier molecular flexibility index (Phi) is 6.59. The van der Waals surface area contributed by atoms with Gasteiger partial charge in [0.1, 0.15) is 5.69 Å². The van der Waals surface area contributed by atoms with Gasteiger partial charge in [-0.1, -0.05) is 24.3 Å². The second kappa shape index (κ2) is 9.85. The third-order valence-corrected chi connectivity index (χ3v) is 7.75. The monoisotopic (exact) mass is 494 g/mol.